The molecule has 0 N–H and O–H groups in total. The molecular weight excluding hydrogens is 234 g/mol. The van der Waals surface area contributed by atoms with Gasteiger partial charge in [0.2, 0.25) is 0 Å². The van der Waals surface area contributed by atoms with Crippen LogP contribution in [0.5, 0.6) is 0 Å². The van der Waals surface area contributed by atoms with Crippen molar-refractivity contribution in [3.05, 3.63) is 0 Å². The first-order chi connectivity index (χ1) is 6.28. The molecule has 0 saturated carbocycles. The van der Waals surface area contributed by atoms with E-state index in [9.17, 15) is 26.7 Å². The van der Waals surface area contributed by atoms with E-state index in [2.05, 4.69) is 4.84 Å². The number of hydrogen-bond acceptors (Lipinski definition) is 4. The zero-order valence-corrected chi connectivity index (χ0v) is 8.85. The second kappa shape index (κ2) is 7.24. The summed E-state index contributed by atoms with van der Waals surface area (Å²) in [5.74, 6) is -1.07. The summed E-state index contributed by atoms with van der Waals surface area (Å²) in [5, 5.41) is 0. The largest absolute Gasteiger partial charge is 1.00 e. The van der Waals surface area contributed by atoms with Crippen molar-refractivity contribution < 1.29 is 50.4 Å². The molecule has 0 fully saturated rings. The Morgan fingerprint density at radius 2 is 2.00 bits per heavy atom. The van der Waals surface area contributed by atoms with E-state index >= 15 is 0 Å². The summed E-state index contributed by atoms with van der Waals surface area (Å²) in [6.45, 7) is -0.536. The molecule has 84 valence electrons. The van der Waals surface area contributed by atoms with Gasteiger partial charge in [-0.2, -0.15) is 13.2 Å². The number of nitrogens with zero attached hydrogens (tertiary/aromatic N) is 1. The number of hydrogen-bond donors (Lipinski definition) is 0. The van der Waals surface area contributed by atoms with Crippen LogP contribution in [0.25, 0.3) is 0 Å². The maximum absolute atomic E-state index is 11.6. The van der Waals surface area contributed by atoms with Crippen molar-refractivity contribution in [3.8, 4) is 0 Å². The molecule has 0 saturated heterocycles. The van der Waals surface area contributed by atoms with Crippen LogP contribution in [-0.4, -0.2) is 31.9 Å². The summed E-state index contributed by atoms with van der Waals surface area (Å²) < 4.78 is 54.9. The first kappa shape index (κ1) is 17.3. The zero-order chi connectivity index (χ0) is 11.4. The van der Waals surface area contributed by atoms with Gasteiger partial charge in [0.1, 0.15) is 0 Å². The maximum atomic E-state index is 11.6. The van der Waals surface area contributed by atoms with Crippen molar-refractivity contribution in [3.63, 3.8) is 0 Å². The second-order valence-electron chi connectivity index (χ2n) is 2.11. The first-order valence-corrected chi connectivity index (χ1v) is 4.43. The first-order valence-electron chi connectivity index (χ1n) is 3.40. The Balaban J connectivity index is 0. The number of amides is 1. The average Bonchev–Trinajstić information content (AvgIpc) is 2.01. The maximum Gasteiger partial charge on any atom is 1.00 e. The molecule has 0 aliphatic carbocycles. The molecule has 0 heterocycles. The molecule has 10 heteroatoms. The zero-order valence-electron chi connectivity index (χ0n) is 8.04. The topological polar surface area (TPSA) is 69.7 Å². The molecular formula is C5H7F3LiNO4S. The van der Waals surface area contributed by atoms with Gasteiger partial charge in [-0.15, -0.1) is 4.47 Å². The minimum Gasteiger partial charge on any atom is -0.753 e. The number of rotatable bonds is 4. The summed E-state index contributed by atoms with van der Waals surface area (Å²) in [6.07, 6.45) is -4.96. The smallest absolute Gasteiger partial charge is 0.753 e. The number of carbonyl (C=O) groups excluding carboxylic acids is 1. The quantitative estimate of drug-likeness (QED) is 0.310. The predicted molar refractivity (Wildman–Crippen MR) is 38.1 cm³/mol. The minimum atomic E-state index is -4.69. The van der Waals surface area contributed by atoms with Crippen molar-refractivity contribution in [2.24, 2.45) is 0 Å². The fourth-order valence-corrected chi connectivity index (χ4v) is 0.893. The molecule has 1 atom stereocenters. The van der Waals surface area contributed by atoms with E-state index in [4.69, 9.17) is 0 Å². The standard InChI is InChI=1S/C5H8F3NO4S.Li/c1-2-4(10)9(14(11)12)13-3-5(6,7)8;/h2-3H2,1H3,(H,11,12);/q;+1/p-1. The van der Waals surface area contributed by atoms with Crippen molar-refractivity contribution in [2.75, 3.05) is 6.61 Å². The molecule has 0 rings (SSSR count). The summed E-state index contributed by atoms with van der Waals surface area (Å²) >= 11 is -3.16. The Morgan fingerprint density at radius 3 is 2.27 bits per heavy atom. The van der Waals surface area contributed by atoms with Gasteiger partial charge < -0.3 is 4.55 Å². The third-order valence-electron chi connectivity index (χ3n) is 0.987. The fourth-order valence-electron chi connectivity index (χ4n) is 0.459. The number of alkyl halides is 3. The molecule has 0 aromatic carbocycles. The van der Waals surface area contributed by atoms with Gasteiger partial charge in [-0.25, -0.2) is 9.05 Å². The molecule has 5 nitrogen and oxygen atoms in total. The molecule has 1 amide bonds. The Hall–Kier alpha value is -0.0726. The molecule has 0 spiro atoms. The number of hydroxylamine groups is 1. The summed E-state index contributed by atoms with van der Waals surface area (Å²) in [6, 6.07) is 0. The fraction of sp³-hybridized carbons (Fsp3) is 0.800. The van der Waals surface area contributed by atoms with Gasteiger partial charge >= 0.3 is 25.0 Å². The molecule has 0 radical (unpaired) electrons. The molecule has 0 aliphatic heterocycles. The summed E-state index contributed by atoms with van der Waals surface area (Å²) in [5.41, 5.74) is 0. The van der Waals surface area contributed by atoms with Crippen LogP contribution in [0.2, 0.25) is 0 Å². The third kappa shape index (κ3) is 7.81. The molecule has 15 heavy (non-hydrogen) atoms. The van der Waals surface area contributed by atoms with Gasteiger partial charge in [0, 0.05) is 6.42 Å². The van der Waals surface area contributed by atoms with E-state index in [0.29, 0.717) is 0 Å². The van der Waals surface area contributed by atoms with Crippen LogP contribution >= 0.6 is 0 Å². The van der Waals surface area contributed by atoms with Crippen molar-refractivity contribution >= 4 is 17.2 Å². The minimum absolute atomic E-state index is 0. The van der Waals surface area contributed by atoms with E-state index in [0.717, 1.165) is 0 Å². The van der Waals surface area contributed by atoms with Gasteiger partial charge in [0.25, 0.3) is 5.91 Å². The molecule has 0 aromatic rings. The Kier molecular flexibility index (Phi) is 8.37. The van der Waals surface area contributed by atoms with Crippen LogP contribution in [-0.2, 0) is 20.9 Å². The van der Waals surface area contributed by atoms with Gasteiger partial charge in [-0.1, -0.05) is 6.92 Å². The van der Waals surface area contributed by atoms with E-state index < -0.39 is 30.0 Å². The van der Waals surface area contributed by atoms with Crippen molar-refractivity contribution in [1.82, 2.24) is 4.47 Å². The summed E-state index contributed by atoms with van der Waals surface area (Å²) in [7, 11) is 0. The molecule has 0 aromatic heterocycles. The predicted octanol–water partition coefficient (Wildman–Crippen LogP) is -2.48. The van der Waals surface area contributed by atoms with E-state index in [1.165, 1.54) is 6.92 Å². The van der Waals surface area contributed by atoms with Crippen LogP contribution < -0.4 is 18.9 Å². The molecule has 0 bridgehead atoms. The van der Waals surface area contributed by atoms with Gasteiger partial charge in [-0.05, 0) is 0 Å². The van der Waals surface area contributed by atoms with Crippen molar-refractivity contribution in [2.45, 2.75) is 19.5 Å². The van der Waals surface area contributed by atoms with Crippen LogP contribution in [0.4, 0.5) is 13.2 Å². The van der Waals surface area contributed by atoms with E-state index in [1.807, 2.05) is 0 Å². The van der Waals surface area contributed by atoms with Gasteiger partial charge in [0.05, 0.1) is 11.3 Å². The average molecular weight is 241 g/mol. The molecule has 0 aliphatic rings. The third-order valence-corrected chi connectivity index (χ3v) is 1.57. The van der Waals surface area contributed by atoms with Gasteiger partial charge in [0.15, 0.2) is 6.61 Å². The van der Waals surface area contributed by atoms with Crippen LogP contribution in [0.3, 0.4) is 0 Å². The van der Waals surface area contributed by atoms with E-state index in [-0.39, 0.29) is 29.7 Å². The monoisotopic (exact) mass is 241 g/mol. The SMILES string of the molecule is CCC(=O)N(OCC(F)(F)F)S(=O)[O-].[Li+]. The summed E-state index contributed by atoms with van der Waals surface area (Å²) in [4.78, 5) is 14.5. The van der Waals surface area contributed by atoms with E-state index in [1.54, 1.807) is 0 Å². The van der Waals surface area contributed by atoms with Crippen LogP contribution in [0, 0.1) is 0 Å². The van der Waals surface area contributed by atoms with Crippen LogP contribution in [0.15, 0.2) is 0 Å². The molecule has 1 unspecified atom stereocenters. The van der Waals surface area contributed by atoms with Crippen LogP contribution in [0.1, 0.15) is 13.3 Å². The Morgan fingerprint density at radius 1 is 1.53 bits per heavy atom. The van der Waals surface area contributed by atoms with Crippen molar-refractivity contribution in [1.29, 1.82) is 0 Å². The second-order valence-corrected chi connectivity index (χ2v) is 2.88. The van der Waals surface area contributed by atoms with Gasteiger partial charge in [-0.3, -0.25) is 4.79 Å². The Labute approximate surface area is 98.5 Å². The number of carbonyl (C=O) groups is 1. The normalized spacial score (nSPS) is 12.9. The number of halogens is 3. The Bertz CT molecular complexity index is 237.